The highest BCUT2D eigenvalue weighted by Gasteiger charge is 2.24. The molecule has 162 valence electrons. The van der Waals surface area contributed by atoms with Crippen molar-refractivity contribution < 1.29 is 23.5 Å². The number of nitrogens with zero attached hydrogens (tertiary/aromatic N) is 2. The molecule has 1 N–H and O–H groups in total. The molecule has 1 heterocycles. The van der Waals surface area contributed by atoms with Crippen LogP contribution >= 0.6 is 11.8 Å². The topological polar surface area (TPSA) is 82.4 Å². The zero-order chi connectivity index (χ0) is 22.4. The molecule has 0 spiro atoms. The number of benzene rings is 2. The zero-order valence-electron chi connectivity index (χ0n) is 17.3. The number of carbonyl (C=O) groups excluding carboxylic acids is 2. The van der Waals surface area contributed by atoms with Crippen LogP contribution in [0.4, 0.5) is 10.1 Å². The van der Waals surface area contributed by atoms with Gasteiger partial charge >= 0.3 is 5.97 Å². The summed E-state index contributed by atoms with van der Waals surface area (Å²) >= 11 is 1.32. The minimum atomic E-state index is -1.07. The van der Waals surface area contributed by atoms with E-state index in [9.17, 15) is 14.0 Å². The van der Waals surface area contributed by atoms with Crippen LogP contribution in [0.5, 0.6) is 5.75 Å². The highest BCUT2D eigenvalue weighted by molar-refractivity contribution is 7.98. The second-order valence-electron chi connectivity index (χ2n) is 6.41. The lowest BCUT2D eigenvalue weighted by Crippen LogP contribution is -2.30. The maximum Gasteiger partial charge on any atom is 0.357 e. The van der Waals surface area contributed by atoms with Gasteiger partial charge in [0.15, 0.2) is 17.0 Å². The van der Waals surface area contributed by atoms with Crippen molar-refractivity contribution in [1.82, 2.24) is 9.55 Å². The average molecular weight is 444 g/mol. The first-order chi connectivity index (χ1) is 14.9. The molecular weight excluding hydrogens is 421 g/mol. The van der Waals surface area contributed by atoms with Crippen LogP contribution in [0.3, 0.4) is 0 Å². The molecular formula is C22H22FN3O4S. The fourth-order valence-electron chi connectivity index (χ4n) is 2.82. The first-order valence-corrected chi connectivity index (χ1v) is 10.8. The third-order valence-corrected chi connectivity index (χ3v) is 4.96. The fourth-order valence-corrected chi connectivity index (χ4v) is 3.37. The standard InChI is InChI=1S/C22H22FN3O4S/c1-4-29-19-8-6-5-7-17(19)25-20(27)14(2)30-21(28)18-13-24-22(31-3)26(18)16-11-9-15(23)10-12-16/h5-14H,4H2,1-3H3,(H,25,27). The Kier molecular flexibility index (Phi) is 7.30. The van der Waals surface area contributed by atoms with Gasteiger partial charge in [-0.1, -0.05) is 23.9 Å². The zero-order valence-corrected chi connectivity index (χ0v) is 18.1. The van der Waals surface area contributed by atoms with Gasteiger partial charge in [-0.2, -0.15) is 0 Å². The first-order valence-electron chi connectivity index (χ1n) is 9.56. The maximum absolute atomic E-state index is 13.3. The number of hydrogen-bond acceptors (Lipinski definition) is 6. The molecule has 0 fully saturated rings. The van der Waals surface area contributed by atoms with Gasteiger partial charge in [0, 0.05) is 5.69 Å². The molecule has 0 bridgehead atoms. The molecule has 0 radical (unpaired) electrons. The number of halogens is 1. The van der Waals surface area contributed by atoms with Crippen LogP contribution in [-0.4, -0.2) is 40.4 Å². The summed E-state index contributed by atoms with van der Waals surface area (Å²) in [6.45, 7) is 3.77. The van der Waals surface area contributed by atoms with E-state index in [1.54, 1.807) is 28.8 Å². The van der Waals surface area contributed by atoms with Gasteiger partial charge in [0.2, 0.25) is 0 Å². The van der Waals surface area contributed by atoms with Crippen molar-refractivity contribution in [3.8, 4) is 11.4 Å². The molecule has 0 saturated heterocycles. The van der Waals surface area contributed by atoms with Gasteiger partial charge < -0.3 is 14.8 Å². The van der Waals surface area contributed by atoms with E-state index in [0.717, 1.165) is 0 Å². The molecule has 31 heavy (non-hydrogen) atoms. The molecule has 0 aliphatic carbocycles. The minimum absolute atomic E-state index is 0.130. The second-order valence-corrected chi connectivity index (χ2v) is 7.18. The van der Waals surface area contributed by atoms with E-state index in [4.69, 9.17) is 9.47 Å². The van der Waals surface area contributed by atoms with Gasteiger partial charge in [-0.15, -0.1) is 0 Å². The van der Waals surface area contributed by atoms with Crippen LogP contribution in [-0.2, 0) is 9.53 Å². The van der Waals surface area contributed by atoms with Crippen molar-refractivity contribution in [3.05, 3.63) is 66.2 Å². The van der Waals surface area contributed by atoms with E-state index in [2.05, 4.69) is 10.3 Å². The Hall–Kier alpha value is -3.33. The Morgan fingerprint density at radius 1 is 1.19 bits per heavy atom. The summed E-state index contributed by atoms with van der Waals surface area (Å²) in [5.74, 6) is -1.09. The molecule has 0 aliphatic heterocycles. The SMILES string of the molecule is CCOc1ccccc1NC(=O)C(C)OC(=O)c1cnc(SC)n1-c1ccc(F)cc1. The molecule has 0 aliphatic rings. The van der Waals surface area contributed by atoms with E-state index < -0.39 is 23.8 Å². The number of rotatable bonds is 8. The molecule has 1 aromatic heterocycles. The number of thioether (sulfide) groups is 1. The Morgan fingerprint density at radius 3 is 2.58 bits per heavy atom. The van der Waals surface area contributed by atoms with Crippen LogP contribution < -0.4 is 10.1 Å². The Labute approximate surface area is 183 Å². The second kappa shape index (κ2) is 10.1. The van der Waals surface area contributed by atoms with Crippen LogP contribution in [0, 0.1) is 5.82 Å². The van der Waals surface area contributed by atoms with Crippen molar-refractivity contribution in [2.75, 3.05) is 18.2 Å². The van der Waals surface area contributed by atoms with Crippen LogP contribution in [0.15, 0.2) is 59.9 Å². The van der Waals surface area contributed by atoms with Gasteiger partial charge in [0.05, 0.1) is 18.5 Å². The summed E-state index contributed by atoms with van der Waals surface area (Å²) in [7, 11) is 0. The molecule has 3 rings (SSSR count). The van der Waals surface area contributed by atoms with Gasteiger partial charge in [-0.3, -0.25) is 9.36 Å². The number of anilines is 1. The smallest absolute Gasteiger partial charge is 0.357 e. The van der Waals surface area contributed by atoms with E-state index in [0.29, 0.717) is 28.9 Å². The van der Waals surface area contributed by atoms with Crippen molar-refractivity contribution in [1.29, 1.82) is 0 Å². The normalized spacial score (nSPS) is 11.6. The van der Waals surface area contributed by atoms with Crippen molar-refractivity contribution in [3.63, 3.8) is 0 Å². The van der Waals surface area contributed by atoms with Gasteiger partial charge in [0.25, 0.3) is 5.91 Å². The van der Waals surface area contributed by atoms with Gasteiger partial charge in [-0.05, 0) is 56.5 Å². The van der Waals surface area contributed by atoms with Crippen LogP contribution in [0.25, 0.3) is 5.69 Å². The summed E-state index contributed by atoms with van der Waals surface area (Å²) in [6, 6.07) is 12.7. The number of carbonyl (C=O) groups is 2. The van der Waals surface area contributed by atoms with E-state index in [1.807, 2.05) is 13.2 Å². The number of hydrogen-bond donors (Lipinski definition) is 1. The lowest BCUT2D eigenvalue weighted by molar-refractivity contribution is -0.123. The maximum atomic E-state index is 13.3. The first kappa shape index (κ1) is 22.4. The quantitative estimate of drug-likeness (QED) is 0.413. The summed E-state index contributed by atoms with van der Waals surface area (Å²) < 4.78 is 25.7. The van der Waals surface area contributed by atoms with Gasteiger partial charge in [0.1, 0.15) is 11.6 Å². The number of aromatic nitrogens is 2. The molecule has 1 atom stereocenters. The average Bonchev–Trinajstić information content (AvgIpc) is 3.20. The predicted molar refractivity (Wildman–Crippen MR) is 116 cm³/mol. The van der Waals surface area contributed by atoms with E-state index >= 15 is 0 Å². The van der Waals surface area contributed by atoms with Gasteiger partial charge in [-0.25, -0.2) is 14.2 Å². The number of imidazole rings is 1. The molecule has 1 amide bonds. The van der Waals surface area contributed by atoms with E-state index in [-0.39, 0.29) is 5.69 Å². The molecule has 7 nitrogen and oxygen atoms in total. The number of nitrogens with one attached hydrogen (secondary N) is 1. The van der Waals surface area contributed by atoms with Crippen molar-refractivity contribution in [2.24, 2.45) is 0 Å². The molecule has 0 saturated carbocycles. The summed E-state index contributed by atoms with van der Waals surface area (Å²) in [4.78, 5) is 29.6. The highest BCUT2D eigenvalue weighted by atomic mass is 32.2. The number of amides is 1. The number of esters is 1. The molecule has 1 unspecified atom stereocenters. The Balaban J connectivity index is 1.76. The van der Waals surface area contributed by atoms with Crippen molar-refractivity contribution >= 4 is 29.3 Å². The van der Waals surface area contributed by atoms with Crippen LogP contribution in [0.1, 0.15) is 24.3 Å². The summed E-state index contributed by atoms with van der Waals surface area (Å²) in [6.07, 6.45) is 2.10. The Morgan fingerprint density at radius 2 is 1.90 bits per heavy atom. The summed E-state index contributed by atoms with van der Waals surface area (Å²) in [5, 5.41) is 3.24. The highest BCUT2D eigenvalue weighted by Crippen LogP contribution is 2.25. The lowest BCUT2D eigenvalue weighted by atomic mass is 10.2. The lowest BCUT2D eigenvalue weighted by Gasteiger charge is -2.16. The third kappa shape index (κ3) is 5.24. The number of ether oxygens (including phenoxy) is 2. The minimum Gasteiger partial charge on any atom is -0.492 e. The predicted octanol–water partition coefficient (Wildman–Crippen LogP) is 4.32. The molecule has 9 heteroatoms. The van der Waals surface area contributed by atoms with E-state index in [1.165, 1.54) is 49.1 Å². The van der Waals surface area contributed by atoms with Crippen molar-refractivity contribution in [2.45, 2.75) is 25.1 Å². The molecule has 2 aromatic carbocycles. The van der Waals surface area contributed by atoms with Crippen LogP contribution in [0.2, 0.25) is 0 Å². The third-order valence-electron chi connectivity index (χ3n) is 4.30. The monoisotopic (exact) mass is 443 g/mol. The molecule has 3 aromatic rings. The number of para-hydroxylation sites is 2. The Bertz CT molecular complexity index is 1070. The summed E-state index contributed by atoms with van der Waals surface area (Å²) in [5.41, 5.74) is 1.17. The largest absolute Gasteiger partial charge is 0.492 e. The fraction of sp³-hybridized carbons (Fsp3) is 0.227.